The molecule has 3 nitrogen and oxygen atoms in total. The maximum Gasteiger partial charge on any atom is 0.0945 e. The lowest BCUT2D eigenvalue weighted by Crippen LogP contribution is -2.03. The van der Waals surface area contributed by atoms with Gasteiger partial charge in [-0.25, -0.2) is 8.42 Å². The van der Waals surface area contributed by atoms with Gasteiger partial charge in [-0.15, -0.1) is 0 Å². The van der Waals surface area contributed by atoms with Gasteiger partial charge in [-0.05, 0) is 16.3 Å². The highest BCUT2D eigenvalue weighted by atomic mass is 32.2. The van der Waals surface area contributed by atoms with E-state index in [-0.39, 0.29) is 15.7 Å². The van der Waals surface area contributed by atoms with E-state index in [0.717, 1.165) is 12.8 Å². The first kappa shape index (κ1) is 22.6. The molecule has 1 unspecified atom stereocenters. The van der Waals surface area contributed by atoms with Gasteiger partial charge in [0.1, 0.15) is 0 Å². The van der Waals surface area contributed by atoms with Gasteiger partial charge in [-0.1, -0.05) is 84.0 Å². The van der Waals surface area contributed by atoms with Gasteiger partial charge in [-0.2, -0.15) is 0 Å². The number of rotatable bonds is 14. The predicted octanol–water partition coefficient (Wildman–Crippen LogP) is 4.41. The molecule has 0 spiro atoms. The van der Waals surface area contributed by atoms with Gasteiger partial charge in [0, 0.05) is 5.75 Å². The minimum atomic E-state index is -3.99. The fraction of sp³-hybridized carbons (Fsp3) is 1.00. The molecule has 0 radical (unpaired) electrons. The van der Waals surface area contributed by atoms with Gasteiger partial charge in [-0.3, -0.25) is 0 Å². The quantitative estimate of drug-likeness (QED) is 0.270. The minimum Gasteiger partial charge on any atom is -0.748 e. The second-order valence-electron chi connectivity index (χ2n) is 5.50. The molecule has 0 aromatic rings. The summed E-state index contributed by atoms with van der Waals surface area (Å²) >= 11 is 0. The number of hydrogen-bond acceptors (Lipinski definition) is 3. The van der Waals surface area contributed by atoms with Crippen LogP contribution >= 0.6 is 9.90 Å². The van der Waals surface area contributed by atoms with Crippen molar-refractivity contribution in [2.75, 3.05) is 5.75 Å². The fourth-order valence-corrected chi connectivity index (χ4v) is 2.85. The maximum atomic E-state index is 10.4. The standard InChI is InChI=1S/C15H32O3S.H3P/c1-2-3-4-5-6-7-8-9-10-11-12-13-14-15-19(16,17)18;/h2-15H2,1H3,(H,16,17,18);1H3. The van der Waals surface area contributed by atoms with E-state index in [1.165, 1.54) is 64.2 Å². The summed E-state index contributed by atoms with van der Waals surface area (Å²) < 4.78 is 31.1. The summed E-state index contributed by atoms with van der Waals surface area (Å²) in [7, 11) is -3.99. The third kappa shape index (κ3) is 20.7. The van der Waals surface area contributed by atoms with Crippen molar-refractivity contribution in [3.8, 4) is 0 Å². The van der Waals surface area contributed by atoms with Crippen LogP contribution in [0.4, 0.5) is 0 Å². The summed E-state index contributed by atoms with van der Waals surface area (Å²) in [5.41, 5.74) is 0. The van der Waals surface area contributed by atoms with Crippen LogP contribution in [-0.4, -0.2) is 18.7 Å². The van der Waals surface area contributed by atoms with Crippen molar-refractivity contribution in [2.45, 2.75) is 90.4 Å². The molecule has 0 aromatic heterocycles. The summed E-state index contributed by atoms with van der Waals surface area (Å²) in [5.74, 6) is -0.190. The Morgan fingerprint density at radius 1 is 0.650 bits per heavy atom. The fourth-order valence-electron chi connectivity index (χ4n) is 2.30. The third-order valence-corrected chi connectivity index (χ3v) is 4.29. The lowest BCUT2D eigenvalue weighted by Gasteiger charge is -2.06. The van der Waals surface area contributed by atoms with Crippen LogP contribution in [0.1, 0.15) is 90.4 Å². The van der Waals surface area contributed by atoms with E-state index >= 15 is 0 Å². The van der Waals surface area contributed by atoms with Gasteiger partial charge >= 0.3 is 0 Å². The van der Waals surface area contributed by atoms with Gasteiger partial charge < -0.3 is 4.55 Å². The van der Waals surface area contributed by atoms with Crippen molar-refractivity contribution in [3.63, 3.8) is 0 Å². The Hall–Kier alpha value is 0.340. The second-order valence-corrected chi connectivity index (χ2v) is 7.03. The minimum absolute atomic E-state index is 0. The molecule has 0 fully saturated rings. The van der Waals surface area contributed by atoms with E-state index in [2.05, 4.69) is 6.92 Å². The van der Waals surface area contributed by atoms with Crippen molar-refractivity contribution in [1.29, 1.82) is 0 Å². The van der Waals surface area contributed by atoms with Crippen molar-refractivity contribution in [3.05, 3.63) is 0 Å². The van der Waals surface area contributed by atoms with Crippen LogP contribution in [0.25, 0.3) is 0 Å². The lowest BCUT2D eigenvalue weighted by atomic mass is 10.1. The van der Waals surface area contributed by atoms with E-state index in [1.807, 2.05) is 0 Å². The molecule has 0 saturated carbocycles. The molecular weight excluding hydrogens is 291 g/mol. The molecule has 0 bridgehead atoms. The Morgan fingerprint density at radius 3 is 1.25 bits per heavy atom. The monoisotopic (exact) mass is 326 g/mol. The molecule has 1 atom stereocenters. The largest absolute Gasteiger partial charge is 0.748 e. The first-order chi connectivity index (χ1) is 9.06. The molecule has 0 aliphatic heterocycles. The van der Waals surface area contributed by atoms with E-state index in [1.54, 1.807) is 0 Å². The highest BCUT2D eigenvalue weighted by molar-refractivity contribution is 7.85. The summed E-state index contributed by atoms with van der Waals surface area (Å²) in [6.07, 6.45) is 15.7. The highest BCUT2D eigenvalue weighted by Gasteiger charge is 1.96. The average Bonchev–Trinajstić information content (AvgIpc) is 2.34. The van der Waals surface area contributed by atoms with Gasteiger partial charge in [0.2, 0.25) is 0 Å². The molecule has 0 aliphatic carbocycles. The Labute approximate surface area is 129 Å². The van der Waals surface area contributed by atoms with Crippen molar-refractivity contribution < 1.29 is 13.0 Å². The molecule has 5 heteroatoms. The smallest absolute Gasteiger partial charge is 0.0945 e. The number of unbranched alkanes of at least 4 members (excludes halogenated alkanes) is 12. The molecule has 0 heterocycles. The summed E-state index contributed by atoms with van der Waals surface area (Å²) in [6, 6.07) is 0. The molecular formula is C15H35O3PS. The zero-order chi connectivity index (χ0) is 14.4. The summed E-state index contributed by atoms with van der Waals surface area (Å²) in [6.45, 7) is 2.24. The second kappa shape index (κ2) is 15.7. The van der Waals surface area contributed by atoms with Crippen LogP contribution in [0.2, 0.25) is 0 Å². The van der Waals surface area contributed by atoms with Crippen molar-refractivity contribution in [1.82, 2.24) is 0 Å². The van der Waals surface area contributed by atoms with E-state index in [9.17, 15) is 13.0 Å². The summed E-state index contributed by atoms with van der Waals surface area (Å²) in [5, 5.41) is 0. The highest BCUT2D eigenvalue weighted by Crippen LogP contribution is 2.12. The molecule has 0 rings (SSSR count). The van der Waals surface area contributed by atoms with Gasteiger partial charge in [0.05, 0.1) is 10.1 Å². The molecule has 0 aromatic carbocycles. The van der Waals surface area contributed by atoms with Crippen LogP contribution in [-0.2, 0) is 10.1 Å². The average molecular weight is 326 g/mol. The Morgan fingerprint density at radius 2 is 0.950 bits per heavy atom. The molecule has 124 valence electrons. The lowest BCUT2D eigenvalue weighted by molar-refractivity contribution is 0.459. The molecule has 0 N–H and O–H groups in total. The first-order valence-electron chi connectivity index (χ1n) is 8.00. The third-order valence-electron chi connectivity index (χ3n) is 3.50. The van der Waals surface area contributed by atoms with Crippen LogP contribution in [0.5, 0.6) is 0 Å². The molecule has 0 saturated heterocycles. The topological polar surface area (TPSA) is 57.2 Å². The Kier molecular flexibility index (Phi) is 17.8. The van der Waals surface area contributed by atoms with Crippen LogP contribution < -0.4 is 0 Å². The molecule has 20 heavy (non-hydrogen) atoms. The van der Waals surface area contributed by atoms with Gasteiger partial charge in [0.25, 0.3) is 0 Å². The van der Waals surface area contributed by atoms with Crippen molar-refractivity contribution in [2.24, 2.45) is 0 Å². The summed E-state index contributed by atoms with van der Waals surface area (Å²) in [4.78, 5) is 0. The normalized spacial score (nSPS) is 11.3. The van der Waals surface area contributed by atoms with Crippen LogP contribution in [0, 0.1) is 0 Å². The molecule has 0 aliphatic rings. The van der Waals surface area contributed by atoms with E-state index < -0.39 is 10.1 Å². The van der Waals surface area contributed by atoms with Gasteiger partial charge in [0.15, 0.2) is 0 Å². The SMILES string of the molecule is CCCCCCCCCCCCCCCS(=O)(=O)[O-].[PH4+]. The van der Waals surface area contributed by atoms with E-state index in [0.29, 0.717) is 6.42 Å². The molecule has 0 amide bonds. The maximum absolute atomic E-state index is 10.4. The first-order valence-corrected chi connectivity index (χ1v) is 9.57. The zero-order valence-corrected chi connectivity index (χ0v) is 16.3. The zero-order valence-electron chi connectivity index (χ0n) is 13.5. The van der Waals surface area contributed by atoms with Crippen LogP contribution in [0.15, 0.2) is 0 Å². The predicted molar refractivity (Wildman–Crippen MR) is 92.8 cm³/mol. The Balaban J connectivity index is 0. The van der Waals surface area contributed by atoms with Crippen molar-refractivity contribution >= 4 is 20.0 Å². The van der Waals surface area contributed by atoms with Crippen LogP contribution in [0.3, 0.4) is 0 Å². The van der Waals surface area contributed by atoms with E-state index in [4.69, 9.17) is 0 Å². The Bertz CT molecular complexity index is 279. The number of hydrogen-bond donors (Lipinski definition) is 0.